The average molecular weight is 661 g/mol. The lowest BCUT2D eigenvalue weighted by molar-refractivity contribution is 0.0452. The van der Waals surface area contributed by atoms with E-state index in [0.717, 1.165) is 42.4 Å². The highest BCUT2D eigenvalue weighted by Gasteiger charge is 2.19. The molecule has 250 valence electrons. The third kappa shape index (κ3) is 13.6. The molecule has 0 saturated heterocycles. The van der Waals surface area contributed by atoms with E-state index in [1.54, 1.807) is 43.3 Å². The van der Waals surface area contributed by atoms with Crippen LogP contribution in [-0.4, -0.2) is 57.1 Å². The largest absolute Gasteiger partial charge is 0.524 e. The van der Waals surface area contributed by atoms with Crippen molar-refractivity contribution in [2.24, 2.45) is 0 Å². The third-order valence-electron chi connectivity index (χ3n) is 6.44. The molecule has 12 nitrogen and oxygen atoms in total. The summed E-state index contributed by atoms with van der Waals surface area (Å²) in [6, 6.07) is 15.4. The molecule has 0 aliphatic carbocycles. The lowest BCUT2D eigenvalue weighted by atomic mass is 10.0. The molecule has 0 radical (unpaired) electrons. The predicted molar refractivity (Wildman–Crippen MR) is 171 cm³/mol. The number of esters is 2. The van der Waals surface area contributed by atoms with E-state index in [4.69, 9.17) is 29.5 Å². The van der Waals surface area contributed by atoms with Gasteiger partial charge in [-0.15, -0.1) is 0 Å². The van der Waals surface area contributed by atoms with Gasteiger partial charge < -0.3 is 24.2 Å². The van der Waals surface area contributed by atoms with Crippen molar-refractivity contribution in [2.45, 2.75) is 60.3 Å². The van der Waals surface area contributed by atoms with Crippen LogP contribution in [0.2, 0.25) is 0 Å². The summed E-state index contributed by atoms with van der Waals surface area (Å²) >= 11 is 0. The zero-order valence-corrected chi connectivity index (χ0v) is 27.4. The summed E-state index contributed by atoms with van der Waals surface area (Å²) in [5.74, 6) is -3.16. The molecular formula is C33H41O12P. The Hall–Kier alpha value is -4.51. The number of carbonyl (C=O) groups is 4. The Morgan fingerprint density at radius 2 is 1.02 bits per heavy atom. The Kier molecular flexibility index (Phi) is 17.0. The number of hydrogen-bond donors (Lipinski definition) is 4. The molecule has 0 bridgehead atoms. The molecule has 4 N–H and O–H groups in total. The fourth-order valence-electron chi connectivity index (χ4n) is 3.63. The topological polar surface area (TPSA) is 194 Å². The standard InChI is InChI=1S/C16H22O4.C9H13O4P.C8H6O4/c1-3-5-11-19-15(17)13-9-7-8-10-14(13)16(18)20-12-6-4-2;1-6-4-5-9(8(3)7(6)2)13-14(10,11)12;9-7(10)5-3-1-2-4-6(5)8(11)12/h7-10H,3-6,11-12H2,1-2H3;4-5H,1-3H3,(H2,10,11,12);1-4H,(H,9,10)(H,11,12). The van der Waals surface area contributed by atoms with Crippen molar-refractivity contribution in [3.05, 3.63) is 99.6 Å². The Labute approximate surface area is 268 Å². The van der Waals surface area contributed by atoms with Crippen molar-refractivity contribution in [1.29, 1.82) is 0 Å². The minimum Gasteiger partial charge on any atom is -0.478 e. The van der Waals surface area contributed by atoms with Crippen molar-refractivity contribution in [3.8, 4) is 5.75 Å². The second-order valence-corrected chi connectivity index (χ2v) is 11.1. The molecule has 3 aromatic rings. The molecule has 0 aliphatic rings. The van der Waals surface area contributed by atoms with Crippen LogP contribution in [0.4, 0.5) is 0 Å². The zero-order valence-electron chi connectivity index (χ0n) is 26.5. The molecule has 0 aromatic heterocycles. The van der Waals surface area contributed by atoms with Crippen molar-refractivity contribution in [3.63, 3.8) is 0 Å². The van der Waals surface area contributed by atoms with Gasteiger partial charge in [-0.05, 0) is 80.6 Å². The van der Waals surface area contributed by atoms with Gasteiger partial charge in [0.1, 0.15) is 5.75 Å². The van der Waals surface area contributed by atoms with Gasteiger partial charge in [-0.25, -0.2) is 23.7 Å². The molecule has 13 heteroatoms. The minimum absolute atomic E-state index is 0.190. The molecule has 46 heavy (non-hydrogen) atoms. The van der Waals surface area contributed by atoms with E-state index in [-0.39, 0.29) is 28.0 Å². The van der Waals surface area contributed by atoms with Crippen LogP contribution in [0.25, 0.3) is 0 Å². The van der Waals surface area contributed by atoms with E-state index in [1.807, 2.05) is 27.7 Å². The van der Waals surface area contributed by atoms with Gasteiger partial charge in [0.25, 0.3) is 0 Å². The van der Waals surface area contributed by atoms with Crippen LogP contribution in [0.5, 0.6) is 5.75 Å². The fraction of sp³-hybridized carbons (Fsp3) is 0.333. The maximum atomic E-state index is 11.9. The van der Waals surface area contributed by atoms with Crippen molar-refractivity contribution >= 4 is 31.7 Å². The van der Waals surface area contributed by atoms with Crippen LogP contribution >= 0.6 is 7.82 Å². The van der Waals surface area contributed by atoms with Crippen LogP contribution in [-0.2, 0) is 14.0 Å². The van der Waals surface area contributed by atoms with Gasteiger partial charge in [-0.2, -0.15) is 0 Å². The highest BCUT2D eigenvalue weighted by atomic mass is 31.2. The van der Waals surface area contributed by atoms with E-state index >= 15 is 0 Å². The molecule has 0 spiro atoms. The van der Waals surface area contributed by atoms with Crippen molar-refractivity contribution in [1.82, 2.24) is 0 Å². The minimum atomic E-state index is -4.45. The van der Waals surface area contributed by atoms with Gasteiger partial charge in [0.2, 0.25) is 0 Å². The number of unbranched alkanes of at least 4 members (excludes halogenated alkanes) is 2. The number of ether oxygens (including phenoxy) is 2. The Morgan fingerprint density at radius 1 is 0.630 bits per heavy atom. The van der Waals surface area contributed by atoms with Crippen LogP contribution in [0, 0.1) is 20.8 Å². The first-order chi connectivity index (χ1) is 21.6. The number of aromatic carboxylic acids is 2. The van der Waals surface area contributed by atoms with E-state index in [0.29, 0.717) is 13.2 Å². The first kappa shape index (κ1) is 39.5. The van der Waals surface area contributed by atoms with Gasteiger partial charge in [-0.1, -0.05) is 57.0 Å². The van der Waals surface area contributed by atoms with Gasteiger partial charge in [0.15, 0.2) is 0 Å². The van der Waals surface area contributed by atoms with Crippen LogP contribution in [0.15, 0.2) is 60.7 Å². The number of carbonyl (C=O) groups excluding carboxylic acids is 2. The average Bonchev–Trinajstić information content (AvgIpc) is 3.01. The molecular weight excluding hydrogens is 619 g/mol. The summed E-state index contributed by atoms with van der Waals surface area (Å²) in [5.41, 5.74) is 2.97. The van der Waals surface area contributed by atoms with Gasteiger partial charge in [0.05, 0.1) is 35.5 Å². The zero-order chi connectivity index (χ0) is 34.9. The van der Waals surface area contributed by atoms with Crippen LogP contribution < -0.4 is 4.52 Å². The molecule has 0 heterocycles. The number of benzene rings is 3. The maximum absolute atomic E-state index is 11.9. The Balaban J connectivity index is 0.000000359. The summed E-state index contributed by atoms with van der Waals surface area (Å²) < 4.78 is 25.4. The summed E-state index contributed by atoms with van der Waals surface area (Å²) in [4.78, 5) is 62.1. The van der Waals surface area contributed by atoms with E-state index in [1.165, 1.54) is 24.3 Å². The summed E-state index contributed by atoms with van der Waals surface area (Å²) in [6.07, 6.45) is 3.53. The van der Waals surface area contributed by atoms with Crippen molar-refractivity contribution in [2.75, 3.05) is 13.2 Å². The van der Waals surface area contributed by atoms with E-state index < -0.39 is 31.7 Å². The third-order valence-corrected chi connectivity index (χ3v) is 6.88. The molecule has 3 aromatic carbocycles. The number of carboxylic acids is 2. The molecule has 0 unspecified atom stereocenters. The summed E-state index contributed by atoms with van der Waals surface area (Å²) in [6.45, 7) is 10.4. The highest BCUT2D eigenvalue weighted by Crippen LogP contribution is 2.39. The summed E-state index contributed by atoms with van der Waals surface area (Å²) in [5, 5.41) is 17.1. The van der Waals surface area contributed by atoms with E-state index in [2.05, 4.69) is 4.52 Å². The molecule has 0 saturated carbocycles. The first-order valence-corrected chi connectivity index (χ1v) is 16.0. The highest BCUT2D eigenvalue weighted by molar-refractivity contribution is 7.46. The fourth-order valence-corrected chi connectivity index (χ4v) is 4.08. The number of phosphoric ester groups is 1. The molecule has 0 amide bonds. The van der Waals surface area contributed by atoms with Gasteiger partial charge in [-0.3, -0.25) is 9.79 Å². The van der Waals surface area contributed by atoms with Crippen LogP contribution in [0.3, 0.4) is 0 Å². The Morgan fingerprint density at radius 3 is 1.37 bits per heavy atom. The first-order valence-electron chi connectivity index (χ1n) is 14.4. The molecule has 0 fully saturated rings. The second kappa shape index (κ2) is 19.8. The number of phosphoric acid groups is 1. The van der Waals surface area contributed by atoms with Gasteiger partial charge >= 0.3 is 31.7 Å². The molecule has 0 aliphatic heterocycles. The monoisotopic (exact) mass is 660 g/mol. The lowest BCUT2D eigenvalue weighted by Crippen LogP contribution is -2.14. The number of hydrogen-bond acceptors (Lipinski definition) is 8. The Bertz CT molecular complexity index is 1450. The summed E-state index contributed by atoms with van der Waals surface area (Å²) in [7, 11) is -4.45. The smallest absolute Gasteiger partial charge is 0.478 e. The number of carboxylic acid groups (broad SMARTS) is 2. The number of aryl methyl sites for hydroxylation is 1. The molecule has 0 atom stereocenters. The molecule has 3 rings (SSSR count). The second-order valence-electron chi connectivity index (χ2n) is 9.89. The van der Waals surface area contributed by atoms with Crippen molar-refractivity contribution < 1.29 is 57.7 Å². The lowest BCUT2D eigenvalue weighted by Gasteiger charge is -2.12. The maximum Gasteiger partial charge on any atom is 0.524 e. The van der Waals surface area contributed by atoms with Crippen LogP contribution in [0.1, 0.15) is 97.7 Å². The van der Waals surface area contributed by atoms with Gasteiger partial charge in [0, 0.05) is 0 Å². The predicted octanol–water partition coefficient (Wildman–Crippen LogP) is 6.77. The normalized spacial score (nSPS) is 10.3. The SMILES string of the molecule is CCCCOC(=O)c1ccccc1C(=O)OCCCC.Cc1ccc(OP(=O)(O)O)c(C)c1C.O=C(O)c1ccccc1C(=O)O. The number of rotatable bonds is 12. The van der Waals surface area contributed by atoms with E-state index in [9.17, 15) is 23.7 Å². The quantitative estimate of drug-likeness (QED) is 0.0906.